The van der Waals surface area contributed by atoms with Crippen molar-refractivity contribution in [1.29, 1.82) is 0 Å². The molecule has 1 aliphatic rings. The van der Waals surface area contributed by atoms with E-state index in [4.69, 9.17) is 17.0 Å². The van der Waals surface area contributed by atoms with Gasteiger partial charge in [0.25, 0.3) is 5.91 Å². The molecule has 0 aromatic heterocycles. The van der Waals surface area contributed by atoms with E-state index < -0.39 is 0 Å². The van der Waals surface area contributed by atoms with Gasteiger partial charge < -0.3 is 9.64 Å². The lowest BCUT2D eigenvalue weighted by atomic mass is 10.1. The number of hydrogen-bond acceptors (Lipinski definition) is 3. The zero-order valence-corrected chi connectivity index (χ0v) is 15.4. The van der Waals surface area contributed by atoms with Crippen LogP contribution in [0.3, 0.4) is 0 Å². The van der Waals surface area contributed by atoms with Gasteiger partial charge in [0.1, 0.15) is 23.9 Å². The van der Waals surface area contributed by atoms with Crippen LogP contribution in [0, 0.1) is 5.82 Å². The Balaban J connectivity index is 1.87. The first-order valence-electron chi connectivity index (χ1n) is 8.29. The van der Waals surface area contributed by atoms with E-state index in [0.717, 1.165) is 5.56 Å². The normalized spacial score (nSPS) is 15.9. The molecule has 1 saturated heterocycles. The molecule has 2 aromatic carbocycles. The standard InChI is InChI=1S/C20H19FN2O2S/c1-3-23-19(24)17(22(2)20(23)26)12-14-8-5-7-11-18(14)25-13-15-9-4-6-10-16(15)21/h4-12H,3,13H2,1-2H3/b17-12-. The number of likely N-dealkylation sites (N-methyl/N-ethyl adjacent to an activating group) is 2. The van der Waals surface area contributed by atoms with Gasteiger partial charge in [0.05, 0.1) is 0 Å². The number of nitrogens with zero attached hydrogens (tertiary/aromatic N) is 2. The van der Waals surface area contributed by atoms with Crippen molar-refractivity contribution in [2.45, 2.75) is 13.5 Å². The predicted molar refractivity (Wildman–Crippen MR) is 103 cm³/mol. The maximum absolute atomic E-state index is 13.8. The van der Waals surface area contributed by atoms with Gasteiger partial charge in [0.15, 0.2) is 5.11 Å². The molecule has 0 radical (unpaired) electrons. The van der Waals surface area contributed by atoms with Crippen molar-refractivity contribution in [2.75, 3.05) is 13.6 Å². The predicted octanol–water partition coefficient (Wildman–Crippen LogP) is 3.82. The highest BCUT2D eigenvalue weighted by molar-refractivity contribution is 7.80. The van der Waals surface area contributed by atoms with Gasteiger partial charge in [-0.15, -0.1) is 0 Å². The number of amides is 1. The molecule has 1 heterocycles. The summed E-state index contributed by atoms with van der Waals surface area (Å²) in [5, 5.41) is 0.480. The van der Waals surface area contributed by atoms with Crippen molar-refractivity contribution in [1.82, 2.24) is 9.80 Å². The van der Waals surface area contributed by atoms with Crippen LogP contribution in [-0.2, 0) is 11.4 Å². The maximum Gasteiger partial charge on any atom is 0.276 e. The molecule has 3 rings (SSSR count). The van der Waals surface area contributed by atoms with E-state index in [1.807, 2.05) is 25.1 Å². The summed E-state index contributed by atoms with van der Waals surface area (Å²) >= 11 is 5.31. The van der Waals surface area contributed by atoms with E-state index in [1.165, 1.54) is 6.07 Å². The molecule has 0 saturated carbocycles. The Kier molecular flexibility index (Phi) is 5.32. The topological polar surface area (TPSA) is 32.8 Å². The van der Waals surface area contributed by atoms with E-state index in [9.17, 15) is 9.18 Å². The van der Waals surface area contributed by atoms with Crippen molar-refractivity contribution in [2.24, 2.45) is 0 Å². The quantitative estimate of drug-likeness (QED) is 0.592. The molecule has 26 heavy (non-hydrogen) atoms. The number of halogens is 1. The lowest BCUT2D eigenvalue weighted by molar-refractivity contribution is -0.122. The molecule has 1 amide bonds. The van der Waals surface area contributed by atoms with E-state index >= 15 is 0 Å². The Morgan fingerprint density at radius 3 is 2.54 bits per heavy atom. The largest absolute Gasteiger partial charge is 0.488 e. The first kappa shape index (κ1) is 18.1. The van der Waals surface area contributed by atoms with Crippen molar-refractivity contribution in [3.8, 4) is 5.75 Å². The third-order valence-electron chi connectivity index (χ3n) is 4.21. The van der Waals surface area contributed by atoms with Gasteiger partial charge >= 0.3 is 0 Å². The van der Waals surface area contributed by atoms with Gasteiger partial charge in [0, 0.05) is 24.7 Å². The molecule has 6 heteroatoms. The van der Waals surface area contributed by atoms with Gasteiger partial charge in [0.2, 0.25) is 0 Å². The van der Waals surface area contributed by atoms with E-state index in [-0.39, 0.29) is 18.3 Å². The summed E-state index contributed by atoms with van der Waals surface area (Å²) in [6, 6.07) is 13.8. The number of para-hydroxylation sites is 1. The molecule has 0 spiro atoms. The zero-order chi connectivity index (χ0) is 18.7. The van der Waals surface area contributed by atoms with Crippen molar-refractivity contribution < 1.29 is 13.9 Å². The summed E-state index contributed by atoms with van der Waals surface area (Å²) in [7, 11) is 1.77. The minimum Gasteiger partial charge on any atom is -0.488 e. The van der Waals surface area contributed by atoms with Crippen LogP contribution in [0.2, 0.25) is 0 Å². The zero-order valence-electron chi connectivity index (χ0n) is 14.6. The summed E-state index contributed by atoms with van der Waals surface area (Å²) in [4.78, 5) is 15.8. The number of ether oxygens (including phenoxy) is 1. The summed E-state index contributed by atoms with van der Waals surface area (Å²) in [5.41, 5.74) is 1.70. The number of carbonyl (C=O) groups excluding carboxylic acids is 1. The highest BCUT2D eigenvalue weighted by Crippen LogP contribution is 2.27. The minimum atomic E-state index is -0.307. The van der Waals surface area contributed by atoms with Gasteiger partial charge in [-0.3, -0.25) is 9.69 Å². The molecule has 0 atom stereocenters. The van der Waals surface area contributed by atoms with Crippen LogP contribution >= 0.6 is 12.2 Å². The third-order valence-corrected chi connectivity index (χ3v) is 4.71. The Bertz CT molecular complexity index is 882. The summed E-state index contributed by atoms with van der Waals surface area (Å²) in [6.07, 6.45) is 1.75. The fraction of sp³-hybridized carbons (Fsp3) is 0.200. The highest BCUT2D eigenvalue weighted by Gasteiger charge is 2.34. The Hall–Kier alpha value is -2.73. The second-order valence-corrected chi connectivity index (χ2v) is 6.20. The highest BCUT2D eigenvalue weighted by atomic mass is 32.1. The molecule has 0 N–H and O–H groups in total. The molecule has 0 aliphatic carbocycles. The Morgan fingerprint density at radius 2 is 1.85 bits per heavy atom. The fourth-order valence-electron chi connectivity index (χ4n) is 2.74. The van der Waals surface area contributed by atoms with E-state index in [2.05, 4.69) is 0 Å². The average Bonchev–Trinajstić information content (AvgIpc) is 2.85. The smallest absolute Gasteiger partial charge is 0.276 e. The van der Waals surface area contributed by atoms with Crippen molar-refractivity contribution in [3.63, 3.8) is 0 Å². The third kappa shape index (κ3) is 3.46. The summed E-state index contributed by atoms with van der Waals surface area (Å²) in [6.45, 7) is 2.51. The van der Waals surface area contributed by atoms with E-state index in [1.54, 1.807) is 47.2 Å². The molecule has 4 nitrogen and oxygen atoms in total. The minimum absolute atomic E-state index is 0.107. The average molecular weight is 370 g/mol. The Morgan fingerprint density at radius 1 is 1.15 bits per heavy atom. The van der Waals surface area contributed by atoms with Crippen LogP contribution in [0.5, 0.6) is 5.75 Å². The van der Waals surface area contributed by atoms with Crippen LogP contribution < -0.4 is 4.74 Å². The first-order valence-corrected chi connectivity index (χ1v) is 8.70. The molecule has 1 aliphatic heterocycles. The van der Waals surface area contributed by atoms with Gasteiger partial charge in [-0.1, -0.05) is 36.4 Å². The summed E-state index contributed by atoms with van der Waals surface area (Å²) < 4.78 is 19.6. The number of carbonyl (C=O) groups is 1. The molecular weight excluding hydrogens is 351 g/mol. The lowest BCUT2D eigenvalue weighted by Crippen LogP contribution is -2.30. The Labute approximate surface area is 157 Å². The molecular formula is C20H19FN2O2S. The second-order valence-electron chi connectivity index (χ2n) is 5.84. The van der Waals surface area contributed by atoms with Crippen LogP contribution in [-0.4, -0.2) is 34.4 Å². The summed E-state index contributed by atoms with van der Waals surface area (Å²) in [5.74, 6) is 0.132. The van der Waals surface area contributed by atoms with E-state index in [0.29, 0.717) is 28.7 Å². The number of hydrogen-bond donors (Lipinski definition) is 0. The molecule has 134 valence electrons. The van der Waals surface area contributed by atoms with Crippen LogP contribution in [0.25, 0.3) is 6.08 Å². The molecule has 2 aromatic rings. The maximum atomic E-state index is 13.8. The van der Waals surface area contributed by atoms with Gasteiger partial charge in [-0.25, -0.2) is 4.39 Å². The second kappa shape index (κ2) is 7.66. The van der Waals surface area contributed by atoms with Crippen LogP contribution in [0.4, 0.5) is 4.39 Å². The number of thiocarbonyl (C=S) groups is 1. The SMILES string of the molecule is CCN1C(=O)/C(=C/c2ccccc2OCc2ccccc2F)N(C)C1=S. The molecule has 1 fully saturated rings. The monoisotopic (exact) mass is 370 g/mol. The number of rotatable bonds is 5. The van der Waals surface area contributed by atoms with Crippen molar-refractivity contribution in [3.05, 3.63) is 71.2 Å². The fourth-order valence-corrected chi connectivity index (χ4v) is 3.05. The first-order chi connectivity index (χ1) is 12.5. The van der Waals surface area contributed by atoms with Crippen LogP contribution in [0.15, 0.2) is 54.2 Å². The molecule has 0 bridgehead atoms. The number of benzene rings is 2. The van der Waals surface area contributed by atoms with Gasteiger partial charge in [-0.05, 0) is 37.4 Å². The van der Waals surface area contributed by atoms with Gasteiger partial charge in [-0.2, -0.15) is 0 Å². The van der Waals surface area contributed by atoms with Crippen molar-refractivity contribution >= 4 is 29.3 Å². The molecule has 0 unspecified atom stereocenters. The lowest BCUT2D eigenvalue weighted by Gasteiger charge is -2.14. The van der Waals surface area contributed by atoms with Crippen LogP contribution in [0.1, 0.15) is 18.1 Å².